The molecule has 3 N–H and O–H groups in total. The molecule has 1 fully saturated rings. The Kier molecular flexibility index (Phi) is 8.08. The molecular weight excluding hydrogens is 546 g/mol. The number of carboxylic acid groups (broad SMARTS) is 1. The van der Waals surface area contributed by atoms with Crippen LogP contribution in [-0.4, -0.2) is 94.1 Å². The van der Waals surface area contributed by atoms with Crippen molar-refractivity contribution < 1.29 is 29.1 Å². The number of carbonyl (C=O) groups is 4. The monoisotopic (exact) mass is 567 g/mol. The molecule has 37 heavy (non-hydrogen) atoms. The number of thiazole rings is 1. The van der Waals surface area contributed by atoms with Crippen molar-refractivity contribution in [2.45, 2.75) is 36.5 Å². The maximum absolute atomic E-state index is 13.1. The van der Waals surface area contributed by atoms with E-state index in [0.29, 0.717) is 22.9 Å². The van der Waals surface area contributed by atoms with Gasteiger partial charge in [0, 0.05) is 23.9 Å². The Hall–Kier alpha value is -3.51. The number of nitrogens with zero attached hydrogens (tertiary/aromatic N) is 7. The van der Waals surface area contributed by atoms with Gasteiger partial charge in [-0.05, 0) is 29.8 Å². The topological polar surface area (TPSA) is 194 Å². The van der Waals surface area contributed by atoms with Gasteiger partial charge in [-0.2, -0.15) is 0 Å². The van der Waals surface area contributed by atoms with E-state index in [2.05, 4.69) is 36.3 Å². The Morgan fingerprint density at radius 3 is 2.86 bits per heavy atom. The van der Waals surface area contributed by atoms with E-state index in [-0.39, 0.29) is 34.1 Å². The molecule has 0 bridgehead atoms. The van der Waals surface area contributed by atoms with Crippen molar-refractivity contribution in [2.24, 2.45) is 12.2 Å². The number of hydrogen-bond donors (Lipinski definition) is 3. The van der Waals surface area contributed by atoms with E-state index < -0.39 is 29.2 Å². The van der Waals surface area contributed by atoms with E-state index in [0.717, 1.165) is 11.3 Å². The van der Waals surface area contributed by atoms with E-state index in [4.69, 9.17) is 4.84 Å². The molecule has 4 heterocycles. The Morgan fingerprint density at radius 1 is 1.43 bits per heavy atom. The molecule has 2 aromatic heterocycles. The van der Waals surface area contributed by atoms with Gasteiger partial charge < -0.3 is 20.6 Å². The van der Waals surface area contributed by atoms with Crippen LogP contribution in [0.4, 0.5) is 5.13 Å². The highest BCUT2D eigenvalue weighted by atomic mass is 32.2. The number of nitrogens with one attached hydrogen (secondary N) is 2. The van der Waals surface area contributed by atoms with E-state index in [1.54, 1.807) is 20.9 Å². The summed E-state index contributed by atoms with van der Waals surface area (Å²) in [7, 11) is 1.67. The third-order valence-corrected chi connectivity index (χ3v) is 8.20. The number of carbonyl (C=O) groups excluding carboxylic acids is 3. The number of aliphatic carboxylic acids is 1. The molecule has 1 unspecified atom stereocenters. The normalized spacial score (nSPS) is 19.4. The van der Waals surface area contributed by atoms with Gasteiger partial charge in [-0.1, -0.05) is 16.9 Å². The van der Waals surface area contributed by atoms with Crippen LogP contribution in [0.5, 0.6) is 0 Å². The lowest BCUT2D eigenvalue weighted by atomic mass is 10.0. The zero-order chi connectivity index (χ0) is 26.7. The van der Waals surface area contributed by atoms with Crippen LogP contribution >= 0.6 is 34.9 Å². The van der Waals surface area contributed by atoms with E-state index >= 15 is 0 Å². The lowest BCUT2D eigenvalue weighted by Crippen LogP contribution is -2.71. The van der Waals surface area contributed by atoms with E-state index in [1.807, 2.05) is 0 Å². The highest BCUT2D eigenvalue weighted by Gasteiger charge is 2.54. The molecule has 1 saturated heterocycles. The van der Waals surface area contributed by atoms with Crippen molar-refractivity contribution in [1.82, 2.24) is 35.4 Å². The Labute approximate surface area is 222 Å². The second-order valence-electron chi connectivity index (χ2n) is 7.89. The van der Waals surface area contributed by atoms with Crippen molar-refractivity contribution in [3.8, 4) is 0 Å². The summed E-state index contributed by atoms with van der Waals surface area (Å²) in [4.78, 5) is 59.5. The summed E-state index contributed by atoms with van der Waals surface area (Å²) in [5.74, 6) is -1.90. The number of carboxylic acids is 1. The predicted molar refractivity (Wildman–Crippen MR) is 134 cm³/mol. The molecule has 0 spiro atoms. The molecule has 196 valence electrons. The van der Waals surface area contributed by atoms with Crippen molar-refractivity contribution in [1.29, 1.82) is 0 Å². The molecule has 0 aromatic carbocycles. The first-order valence-corrected chi connectivity index (χ1v) is 13.6. The molecule has 4 rings (SSSR count). The largest absolute Gasteiger partial charge is 0.477 e. The molecule has 0 saturated carbocycles. The number of fused-ring (bicyclic) bond motifs is 1. The van der Waals surface area contributed by atoms with Crippen LogP contribution in [0, 0.1) is 0 Å². The molecule has 2 atom stereocenters. The summed E-state index contributed by atoms with van der Waals surface area (Å²) in [5.41, 5.74) is 0.406. The number of tetrazole rings is 1. The average Bonchev–Trinajstić information content (AvgIpc) is 3.49. The molecule has 0 radical (unpaired) electrons. The number of oxime groups is 1. The molecule has 15 nitrogen and oxygen atoms in total. The van der Waals surface area contributed by atoms with Crippen molar-refractivity contribution in [3.63, 3.8) is 0 Å². The standard InChI is InChI=1S/C19H21N9O6S3/c1-8(2)34-24-11(10-6-36-18(21-10)20-7-29)14(30)22-12-15(31)28-13(17(32)33)9(4-35-16(12)28)5-37-19-23-25-26-27(19)3/h6-8,12,16H,4-5H2,1-3H3,(H,22,30)(H,32,33)(H,20,21,29)/t12?,16-/m0/s1. The Balaban J connectivity index is 1.50. The molecular formula is C19H21N9O6S3. The number of aromatic nitrogens is 5. The van der Waals surface area contributed by atoms with E-state index in [9.17, 15) is 24.3 Å². The number of amides is 3. The number of anilines is 1. The summed E-state index contributed by atoms with van der Waals surface area (Å²) in [6.45, 7) is 3.45. The summed E-state index contributed by atoms with van der Waals surface area (Å²) in [6.07, 6.45) is 0.122. The third-order valence-electron chi connectivity index (χ3n) is 4.99. The van der Waals surface area contributed by atoms with Crippen LogP contribution in [0.25, 0.3) is 0 Å². The molecule has 2 aliphatic heterocycles. The van der Waals surface area contributed by atoms with Crippen LogP contribution in [0.2, 0.25) is 0 Å². The van der Waals surface area contributed by atoms with Gasteiger partial charge >= 0.3 is 5.97 Å². The Morgan fingerprint density at radius 2 is 2.22 bits per heavy atom. The number of rotatable bonds is 11. The van der Waals surface area contributed by atoms with Gasteiger partial charge in [-0.3, -0.25) is 19.3 Å². The number of hydrogen-bond acceptors (Lipinski definition) is 13. The molecule has 2 aliphatic rings. The summed E-state index contributed by atoms with van der Waals surface area (Å²) in [5, 5.41) is 31.6. The van der Waals surface area contributed by atoms with Crippen molar-refractivity contribution in [3.05, 3.63) is 22.3 Å². The van der Waals surface area contributed by atoms with Gasteiger partial charge in [-0.25, -0.2) is 14.5 Å². The van der Waals surface area contributed by atoms with Crippen LogP contribution < -0.4 is 10.6 Å². The lowest BCUT2D eigenvalue weighted by Gasteiger charge is -2.49. The highest BCUT2D eigenvalue weighted by Crippen LogP contribution is 2.41. The van der Waals surface area contributed by atoms with Gasteiger partial charge in [-0.15, -0.1) is 28.2 Å². The van der Waals surface area contributed by atoms with Gasteiger partial charge in [0.25, 0.3) is 11.8 Å². The molecule has 0 aliphatic carbocycles. The SMILES string of the molecule is CC(C)ON=C(C(=O)NC1C(=O)N2C(C(=O)O)=C(CSc3nnnn3C)CS[C@@H]12)c1csc(NC=O)n1. The summed E-state index contributed by atoms with van der Waals surface area (Å²) in [6, 6.07) is -0.973. The maximum Gasteiger partial charge on any atom is 0.352 e. The maximum atomic E-state index is 13.1. The first-order valence-electron chi connectivity index (χ1n) is 10.7. The van der Waals surface area contributed by atoms with Gasteiger partial charge in [0.1, 0.15) is 28.9 Å². The van der Waals surface area contributed by atoms with Crippen LogP contribution in [0.3, 0.4) is 0 Å². The van der Waals surface area contributed by atoms with Crippen LogP contribution in [0.1, 0.15) is 19.5 Å². The number of thioether (sulfide) groups is 2. The van der Waals surface area contributed by atoms with Crippen molar-refractivity contribution in [2.75, 3.05) is 16.8 Å². The average molecular weight is 568 g/mol. The minimum atomic E-state index is -1.24. The minimum Gasteiger partial charge on any atom is -0.477 e. The van der Waals surface area contributed by atoms with Gasteiger partial charge in [0.05, 0.1) is 0 Å². The smallest absolute Gasteiger partial charge is 0.352 e. The summed E-state index contributed by atoms with van der Waals surface area (Å²) >= 11 is 3.68. The third kappa shape index (κ3) is 5.59. The summed E-state index contributed by atoms with van der Waals surface area (Å²) < 4.78 is 1.47. The van der Waals surface area contributed by atoms with Crippen LogP contribution in [-0.2, 0) is 31.1 Å². The minimum absolute atomic E-state index is 0.108. The van der Waals surface area contributed by atoms with Crippen molar-refractivity contribution >= 4 is 69.9 Å². The fraction of sp³-hybridized carbons (Fsp3) is 0.421. The zero-order valence-electron chi connectivity index (χ0n) is 19.6. The van der Waals surface area contributed by atoms with E-state index in [1.165, 1.54) is 38.5 Å². The fourth-order valence-electron chi connectivity index (χ4n) is 3.36. The highest BCUT2D eigenvalue weighted by molar-refractivity contribution is 8.01. The lowest BCUT2D eigenvalue weighted by molar-refractivity contribution is -0.150. The fourth-order valence-corrected chi connectivity index (χ4v) is 6.35. The van der Waals surface area contributed by atoms with Gasteiger partial charge in [0.15, 0.2) is 10.8 Å². The first-order chi connectivity index (χ1) is 17.7. The quantitative estimate of drug-likeness (QED) is 0.107. The second kappa shape index (κ2) is 11.3. The molecule has 2 aromatic rings. The second-order valence-corrected chi connectivity index (χ2v) is 10.8. The first kappa shape index (κ1) is 26.6. The van der Waals surface area contributed by atoms with Crippen LogP contribution in [0.15, 0.2) is 27.0 Å². The predicted octanol–water partition coefficient (Wildman–Crippen LogP) is -0.105. The zero-order valence-corrected chi connectivity index (χ0v) is 22.1. The molecule has 18 heteroatoms. The molecule has 3 amide bonds. The van der Waals surface area contributed by atoms with Gasteiger partial charge in [0.2, 0.25) is 11.6 Å². The number of β-lactam (4-membered cyclic amide) rings is 1. The Bertz CT molecular complexity index is 1290. The number of aryl methyl sites for hydroxylation is 1.